The monoisotopic (exact) mass is 172 g/mol. The zero-order valence-corrected chi connectivity index (χ0v) is 7.84. The summed E-state index contributed by atoms with van der Waals surface area (Å²) in [6, 6.07) is 0.913. The maximum absolute atomic E-state index is 8.98. The summed E-state index contributed by atoms with van der Waals surface area (Å²) in [6.45, 7) is 4.59. The Morgan fingerprint density at radius 2 is 2.17 bits per heavy atom. The normalized spacial score (nSPS) is 22.5. The van der Waals surface area contributed by atoms with Crippen molar-refractivity contribution in [3.63, 3.8) is 0 Å². The van der Waals surface area contributed by atoms with E-state index in [1.165, 1.54) is 12.8 Å². The van der Waals surface area contributed by atoms with E-state index in [-0.39, 0.29) is 6.61 Å². The second kappa shape index (κ2) is 5.51. The molecule has 1 aliphatic rings. The van der Waals surface area contributed by atoms with Crippen molar-refractivity contribution >= 4 is 0 Å². The predicted octanol–water partition coefficient (Wildman–Crippen LogP) is 0.0989. The van der Waals surface area contributed by atoms with Crippen LogP contribution in [0, 0.1) is 0 Å². The molecule has 0 aromatic heterocycles. The molecule has 0 amide bonds. The average Bonchev–Trinajstić information content (AvgIpc) is 2.16. The van der Waals surface area contributed by atoms with Gasteiger partial charge < -0.3 is 15.7 Å². The molecule has 0 aromatic rings. The van der Waals surface area contributed by atoms with Crippen LogP contribution in [0.3, 0.4) is 0 Å². The summed E-state index contributed by atoms with van der Waals surface area (Å²) in [5.74, 6) is 0. The van der Waals surface area contributed by atoms with E-state index in [1.807, 2.05) is 0 Å². The summed E-state index contributed by atoms with van der Waals surface area (Å²) in [5.41, 5.74) is 0. The molecule has 3 nitrogen and oxygen atoms in total. The van der Waals surface area contributed by atoms with E-state index in [0.717, 1.165) is 19.5 Å². The van der Waals surface area contributed by atoms with Gasteiger partial charge in [0.15, 0.2) is 0 Å². The van der Waals surface area contributed by atoms with E-state index < -0.39 is 0 Å². The SMILES string of the molecule is CC[C@@H](CO)NC1CCNCC1. The molecule has 0 saturated carbocycles. The van der Waals surface area contributed by atoms with E-state index in [9.17, 15) is 0 Å². The van der Waals surface area contributed by atoms with Crippen molar-refractivity contribution in [3.05, 3.63) is 0 Å². The highest BCUT2D eigenvalue weighted by Crippen LogP contribution is 2.04. The minimum atomic E-state index is 0.264. The molecule has 1 atom stereocenters. The summed E-state index contributed by atoms with van der Waals surface area (Å²) in [5, 5.41) is 15.8. The molecule has 0 aliphatic carbocycles. The highest BCUT2D eigenvalue weighted by atomic mass is 16.3. The Bertz CT molecular complexity index is 109. The van der Waals surface area contributed by atoms with Gasteiger partial charge in [-0.1, -0.05) is 6.92 Å². The summed E-state index contributed by atoms with van der Waals surface area (Å²) in [7, 11) is 0. The molecule has 72 valence electrons. The molecule has 12 heavy (non-hydrogen) atoms. The third-order valence-electron chi connectivity index (χ3n) is 2.52. The van der Waals surface area contributed by atoms with Gasteiger partial charge in [0.05, 0.1) is 6.61 Å². The van der Waals surface area contributed by atoms with Crippen molar-refractivity contribution in [1.82, 2.24) is 10.6 Å². The summed E-state index contributed by atoms with van der Waals surface area (Å²) in [4.78, 5) is 0. The third kappa shape index (κ3) is 3.09. The number of hydrogen-bond acceptors (Lipinski definition) is 3. The predicted molar refractivity (Wildman–Crippen MR) is 50.2 cm³/mol. The second-order valence-electron chi connectivity index (χ2n) is 3.48. The quantitative estimate of drug-likeness (QED) is 0.563. The van der Waals surface area contributed by atoms with E-state index in [0.29, 0.717) is 12.1 Å². The first-order valence-corrected chi connectivity index (χ1v) is 4.94. The molecule has 3 N–H and O–H groups in total. The summed E-state index contributed by atoms with van der Waals surface area (Å²) in [6.07, 6.45) is 3.40. The molecule has 1 heterocycles. The van der Waals surface area contributed by atoms with Crippen LogP contribution >= 0.6 is 0 Å². The number of nitrogens with one attached hydrogen (secondary N) is 2. The van der Waals surface area contributed by atoms with Gasteiger partial charge >= 0.3 is 0 Å². The Morgan fingerprint density at radius 1 is 1.50 bits per heavy atom. The topological polar surface area (TPSA) is 44.3 Å². The molecule has 0 unspecified atom stereocenters. The maximum atomic E-state index is 8.98. The van der Waals surface area contributed by atoms with Crippen molar-refractivity contribution in [3.8, 4) is 0 Å². The number of piperidine rings is 1. The molecule has 0 aromatic carbocycles. The Labute approximate surface area is 74.5 Å². The van der Waals surface area contributed by atoms with Gasteiger partial charge in [0.2, 0.25) is 0 Å². The fourth-order valence-electron chi connectivity index (χ4n) is 1.62. The smallest absolute Gasteiger partial charge is 0.0584 e. The Morgan fingerprint density at radius 3 is 2.67 bits per heavy atom. The zero-order chi connectivity index (χ0) is 8.81. The zero-order valence-electron chi connectivity index (χ0n) is 7.84. The lowest BCUT2D eigenvalue weighted by atomic mass is 10.1. The summed E-state index contributed by atoms with van der Waals surface area (Å²) < 4.78 is 0. The van der Waals surface area contributed by atoms with Crippen molar-refractivity contribution in [2.45, 2.75) is 38.3 Å². The molecule has 3 heteroatoms. The molecule has 1 saturated heterocycles. The lowest BCUT2D eigenvalue weighted by Gasteiger charge is -2.27. The van der Waals surface area contributed by atoms with Crippen LogP contribution in [0.15, 0.2) is 0 Å². The number of rotatable bonds is 4. The van der Waals surface area contributed by atoms with Crippen molar-refractivity contribution in [2.24, 2.45) is 0 Å². The molecule has 1 rings (SSSR count). The maximum Gasteiger partial charge on any atom is 0.0584 e. The van der Waals surface area contributed by atoms with Gasteiger partial charge in [-0.05, 0) is 32.4 Å². The fraction of sp³-hybridized carbons (Fsp3) is 1.00. The number of aliphatic hydroxyl groups excluding tert-OH is 1. The second-order valence-corrected chi connectivity index (χ2v) is 3.48. The highest BCUT2D eigenvalue weighted by Gasteiger charge is 2.15. The van der Waals surface area contributed by atoms with Crippen LogP contribution in [0.1, 0.15) is 26.2 Å². The van der Waals surface area contributed by atoms with Crippen molar-refractivity contribution in [1.29, 1.82) is 0 Å². The first-order chi connectivity index (χ1) is 5.86. The number of aliphatic hydroxyl groups is 1. The molecular weight excluding hydrogens is 152 g/mol. The van der Waals surface area contributed by atoms with Crippen LogP contribution in [-0.2, 0) is 0 Å². The third-order valence-corrected chi connectivity index (χ3v) is 2.52. The van der Waals surface area contributed by atoms with E-state index in [2.05, 4.69) is 17.6 Å². The molecule has 1 aliphatic heterocycles. The molecule has 0 bridgehead atoms. The standard InChI is InChI=1S/C9H20N2O/c1-2-8(7-12)11-9-3-5-10-6-4-9/h8-12H,2-7H2,1H3/t8-/m0/s1. The van der Waals surface area contributed by atoms with Crippen molar-refractivity contribution < 1.29 is 5.11 Å². The lowest BCUT2D eigenvalue weighted by molar-refractivity contribution is 0.217. The first kappa shape index (κ1) is 9.96. The van der Waals surface area contributed by atoms with E-state index in [4.69, 9.17) is 5.11 Å². The van der Waals surface area contributed by atoms with E-state index >= 15 is 0 Å². The highest BCUT2D eigenvalue weighted by molar-refractivity contribution is 4.77. The van der Waals surface area contributed by atoms with Crippen LogP contribution in [0.25, 0.3) is 0 Å². The summed E-state index contributed by atoms with van der Waals surface area (Å²) >= 11 is 0. The number of hydrogen-bond donors (Lipinski definition) is 3. The molecule has 0 spiro atoms. The molecular formula is C9H20N2O. The van der Waals surface area contributed by atoms with Crippen LogP contribution in [0.4, 0.5) is 0 Å². The first-order valence-electron chi connectivity index (χ1n) is 4.94. The van der Waals surface area contributed by atoms with E-state index in [1.54, 1.807) is 0 Å². The minimum Gasteiger partial charge on any atom is -0.395 e. The lowest BCUT2D eigenvalue weighted by Crippen LogP contribution is -2.45. The van der Waals surface area contributed by atoms with Gasteiger partial charge in [-0.15, -0.1) is 0 Å². The van der Waals surface area contributed by atoms with Crippen LogP contribution < -0.4 is 10.6 Å². The van der Waals surface area contributed by atoms with Crippen LogP contribution in [0.2, 0.25) is 0 Å². The van der Waals surface area contributed by atoms with Gasteiger partial charge in [-0.3, -0.25) is 0 Å². The molecule has 1 fully saturated rings. The van der Waals surface area contributed by atoms with Crippen LogP contribution in [0.5, 0.6) is 0 Å². The van der Waals surface area contributed by atoms with Gasteiger partial charge in [0.25, 0.3) is 0 Å². The van der Waals surface area contributed by atoms with Gasteiger partial charge in [0, 0.05) is 12.1 Å². The Kier molecular flexibility index (Phi) is 4.58. The largest absolute Gasteiger partial charge is 0.395 e. The average molecular weight is 172 g/mol. The Hall–Kier alpha value is -0.120. The van der Waals surface area contributed by atoms with Crippen molar-refractivity contribution in [2.75, 3.05) is 19.7 Å². The van der Waals surface area contributed by atoms with Gasteiger partial charge in [0.1, 0.15) is 0 Å². The van der Waals surface area contributed by atoms with Gasteiger partial charge in [-0.2, -0.15) is 0 Å². The van der Waals surface area contributed by atoms with Gasteiger partial charge in [-0.25, -0.2) is 0 Å². The fourth-order valence-corrected chi connectivity index (χ4v) is 1.62. The minimum absolute atomic E-state index is 0.264. The molecule has 0 radical (unpaired) electrons. The van der Waals surface area contributed by atoms with Crippen LogP contribution in [-0.4, -0.2) is 36.9 Å². The Balaban J connectivity index is 2.18.